The Morgan fingerprint density at radius 3 is 2.35 bits per heavy atom. The third-order valence-corrected chi connectivity index (χ3v) is 4.51. The van der Waals surface area contributed by atoms with Crippen LogP contribution in [0.1, 0.15) is 15.9 Å². The Hall–Kier alpha value is -2.02. The number of fused-ring (bicyclic) bond motifs is 1. The molecule has 1 aliphatic rings. The second-order valence-electron chi connectivity index (χ2n) is 5.09. The van der Waals surface area contributed by atoms with E-state index in [0.29, 0.717) is 0 Å². The SMILES string of the molecule is CN1c2ccccc2C(=O)O[C@@]1(c1ccccc1Br)C(F)(F)F. The van der Waals surface area contributed by atoms with Gasteiger partial charge in [0.05, 0.1) is 11.3 Å². The van der Waals surface area contributed by atoms with Crippen LogP contribution < -0.4 is 4.90 Å². The molecular formula is C16H11BrF3NO2. The van der Waals surface area contributed by atoms with Gasteiger partial charge in [0.1, 0.15) is 0 Å². The predicted octanol–water partition coefficient (Wildman–Crippen LogP) is 4.47. The van der Waals surface area contributed by atoms with Crippen LogP contribution in [-0.2, 0) is 10.5 Å². The molecule has 0 aromatic heterocycles. The fourth-order valence-corrected chi connectivity index (χ4v) is 3.29. The first kappa shape index (κ1) is 15.9. The molecule has 1 heterocycles. The van der Waals surface area contributed by atoms with Crippen LogP contribution in [0, 0.1) is 0 Å². The van der Waals surface area contributed by atoms with Crippen molar-refractivity contribution in [1.29, 1.82) is 0 Å². The van der Waals surface area contributed by atoms with Gasteiger partial charge in [-0.15, -0.1) is 0 Å². The zero-order valence-electron chi connectivity index (χ0n) is 11.9. The number of rotatable bonds is 1. The number of alkyl halides is 3. The minimum absolute atomic E-state index is 0.0990. The summed E-state index contributed by atoms with van der Waals surface area (Å²) in [6.45, 7) is 0. The van der Waals surface area contributed by atoms with Crippen LogP contribution in [-0.4, -0.2) is 19.2 Å². The number of carbonyl (C=O) groups excluding carboxylic acids is 1. The highest BCUT2D eigenvalue weighted by Crippen LogP contribution is 2.51. The van der Waals surface area contributed by atoms with Crippen LogP contribution in [0.15, 0.2) is 53.0 Å². The summed E-state index contributed by atoms with van der Waals surface area (Å²) in [5.74, 6) is -1.01. The molecule has 3 nitrogen and oxygen atoms in total. The van der Waals surface area contributed by atoms with Crippen molar-refractivity contribution in [3.63, 3.8) is 0 Å². The number of hydrogen-bond acceptors (Lipinski definition) is 3. The van der Waals surface area contributed by atoms with Gasteiger partial charge in [0, 0.05) is 17.1 Å². The normalized spacial score (nSPS) is 20.9. The van der Waals surface area contributed by atoms with Gasteiger partial charge in [0.2, 0.25) is 0 Å². The smallest absolute Gasteiger partial charge is 0.421 e. The van der Waals surface area contributed by atoms with Gasteiger partial charge in [-0.1, -0.05) is 46.3 Å². The zero-order valence-corrected chi connectivity index (χ0v) is 13.5. The monoisotopic (exact) mass is 385 g/mol. The number of anilines is 1. The lowest BCUT2D eigenvalue weighted by Crippen LogP contribution is -2.60. The fourth-order valence-electron chi connectivity index (χ4n) is 2.74. The van der Waals surface area contributed by atoms with Crippen LogP contribution in [0.3, 0.4) is 0 Å². The highest BCUT2D eigenvalue weighted by molar-refractivity contribution is 9.10. The van der Waals surface area contributed by atoms with Crippen molar-refractivity contribution in [2.45, 2.75) is 11.9 Å². The number of benzene rings is 2. The van der Waals surface area contributed by atoms with E-state index in [2.05, 4.69) is 15.9 Å². The topological polar surface area (TPSA) is 29.5 Å². The third-order valence-electron chi connectivity index (χ3n) is 3.82. The van der Waals surface area contributed by atoms with Gasteiger partial charge in [0.25, 0.3) is 0 Å². The summed E-state index contributed by atoms with van der Waals surface area (Å²) >= 11 is 3.13. The standard InChI is InChI=1S/C16H11BrF3NO2/c1-21-13-9-5-2-6-10(13)14(22)23-15(21,16(18,19)20)11-7-3-4-8-12(11)17/h2-9H,1H3/t15-/m0/s1. The van der Waals surface area contributed by atoms with E-state index >= 15 is 0 Å². The Balaban J connectivity index is 2.32. The van der Waals surface area contributed by atoms with Gasteiger partial charge in [-0.2, -0.15) is 13.2 Å². The van der Waals surface area contributed by atoms with Crippen LogP contribution in [0.5, 0.6) is 0 Å². The largest absolute Gasteiger partial charge is 0.453 e. The van der Waals surface area contributed by atoms with E-state index in [9.17, 15) is 18.0 Å². The van der Waals surface area contributed by atoms with Crippen LogP contribution in [0.25, 0.3) is 0 Å². The van der Waals surface area contributed by atoms with Crippen LogP contribution in [0.2, 0.25) is 0 Å². The van der Waals surface area contributed by atoms with Gasteiger partial charge in [0.15, 0.2) is 0 Å². The number of nitrogens with zero attached hydrogens (tertiary/aromatic N) is 1. The van der Waals surface area contributed by atoms with Crippen LogP contribution >= 0.6 is 15.9 Å². The van der Waals surface area contributed by atoms with Crippen molar-refractivity contribution >= 4 is 27.6 Å². The molecule has 1 atom stereocenters. The van der Waals surface area contributed by atoms with Gasteiger partial charge in [-0.05, 0) is 18.2 Å². The molecule has 0 saturated heterocycles. The molecule has 0 spiro atoms. The molecule has 2 aromatic carbocycles. The lowest BCUT2D eigenvalue weighted by Gasteiger charge is -2.46. The van der Waals surface area contributed by atoms with Crippen molar-refractivity contribution in [3.8, 4) is 0 Å². The second kappa shape index (κ2) is 5.26. The molecule has 0 unspecified atom stereocenters. The first-order valence-electron chi connectivity index (χ1n) is 6.67. The summed E-state index contributed by atoms with van der Waals surface area (Å²) in [4.78, 5) is 13.2. The van der Waals surface area contributed by atoms with Crippen molar-refractivity contribution in [2.75, 3.05) is 11.9 Å². The molecule has 1 aliphatic heterocycles. The second-order valence-corrected chi connectivity index (χ2v) is 5.94. The van der Waals surface area contributed by atoms with Gasteiger partial charge in [-0.3, -0.25) is 0 Å². The Bertz CT molecular complexity index is 778. The average Bonchev–Trinajstić information content (AvgIpc) is 2.50. The maximum atomic E-state index is 14.0. The lowest BCUT2D eigenvalue weighted by molar-refractivity contribution is -0.266. The number of cyclic esters (lactones) is 1. The first-order valence-corrected chi connectivity index (χ1v) is 7.46. The van der Waals surface area contributed by atoms with E-state index in [0.717, 1.165) is 4.90 Å². The summed E-state index contributed by atoms with van der Waals surface area (Å²) in [5, 5.41) is 0. The maximum Gasteiger partial charge on any atom is 0.453 e. The number of hydrogen-bond donors (Lipinski definition) is 0. The maximum absolute atomic E-state index is 14.0. The Kier molecular flexibility index (Phi) is 3.63. The lowest BCUT2D eigenvalue weighted by atomic mass is 9.96. The number of esters is 1. The minimum atomic E-state index is -4.84. The van der Waals surface area contributed by atoms with Crippen LogP contribution in [0.4, 0.5) is 18.9 Å². The Morgan fingerprint density at radius 1 is 1.09 bits per heavy atom. The summed E-state index contributed by atoms with van der Waals surface area (Å²) in [7, 11) is 1.26. The van der Waals surface area contributed by atoms with Gasteiger partial charge < -0.3 is 9.64 Å². The van der Waals surface area contributed by atoms with E-state index < -0.39 is 17.9 Å². The number of para-hydroxylation sites is 1. The summed E-state index contributed by atoms with van der Waals surface area (Å²) in [5.41, 5.74) is -2.81. The highest BCUT2D eigenvalue weighted by Gasteiger charge is 2.65. The highest BCUT2D eigenvalue weighted by atomic mass is 79.9. The van der Waals surface area contributed by atoms with E-state index in [-0.39, 0.29) is 21.3 Å². The van der Waals surface area contributed by atoms with Crippen molar-refractivity contribution in [3.05, 3.63) is 64.1 Å². The molecule has 0 saturated carbocycles. The number of ether oxygens (including phenoxy) is 1. The minimum Gasteiger partial charge on any atom is -0.421 e. The Labute approximate surface area is 138 Å². The fraction of sp³-hybridized carbons (Fsp3) is 0.188. The van der Waals surface area contributed by atoms with Crippen molar-refractivity contribution < 1.29 is 22.7 Å². The molecule has 0 N–H and O–H groups in total. The molecule has 2 aromatic rings. The van der Waals surface area contributed by atoms with E-state index in [1.54, 1.807) is 18.2 Å². The van der Waals surface area contributed by atoms with Crippen molar-refractivity contribution in [1.82, 2.24) is 0 Å². The number of halogens is 4. The Morgan fingerprint density at radius 2 is 1.70 bits per heavy atom. The molecule has 0 amide bonds. The molecule has 3 rings (SSSR count). The first-order chi connectivity index (χ1) is 10.8. The van der Waals surface area contributed by atoms with Gasteiger partial charge >= 0.3 is 17.9 Å². The third kappa shape index (κ3) is 2.22. The van der Waals surface area contributed by atoms with E-state index in [4.69, 9.17) is 4.74 Å². The summed E-state index contributed by atoms with van der Waals surface area (Å²) in [6.07, 6.45) is -4.84. The average molecular weight is 386 g/mol. The molecule has 0 fully saturated rings. The molecule has 0 bridgehead atoms. The predicted molar refractivity (Wildman–Crippen MR) is 82.1 cm³/mol. The van der Waals surface area contributed by atoms with E-state index in [1.807, 2.05) is 0 Å². The van der Waals surface area contributed by atoms with Gasteiger partial charge in [-0.25, -0.2) is 4.79 Å². The summed E-state index contributed by atoms with van der Waals surface area (Å²) in [6, 6.07) is 11.9. The molecular weight excluding hydrogens is 375 g/mol. The molecule has 0 aliphatic carbocycles. The molecule has 7 heteroatoms. The number of carbonyl (C=O) groups is 1. The molecule has 120 valence electrons. The molecule has 0 radical (unpaired) electrons. The quantitative estimate of drug-likeness (QED) is 0.678. The summed E-state index contributed by atoms with van der Waals surface area (Å²) < 4.78 is 47.3. The van der Waals surface area contributed by atoms with Crippen molar-refractivity contribution in [2.24, 2.45) is 0 Å². The zero-order chi connectivity index (χ0) is 16.8. The molecule has 23 heavy (non-hydrogen) atoms. The van der Waals surface area contributed by atoms with E-state index in [1.165, 1.54) is 37.4 Å².